The first-order valence-electron chi connectivity index (χ1n) is 10.7. The highest BCUT2D eigenvalue weighted by Crippen LogP contribution is 2.21. The smallest absolute Gasteiger partial charge is 0.227 e. The summed E-state index contributed by atoms with van der Waals surface area (Å²) in [6.07, 6.45) is 3.83. The van der Waals surface area contributed by atoms with Gasteiger partial charge in [-0.25, -0.2) is 9.37 Å². The first-order valence-corrected chi connectivity index (χ1v) is 10.7. The Hall–Kier alpha value is -2.95. The summed E-state index contributed by atoms with van der Waals surface area (Å²) in [6.45, 7) is 2.04. The van der Waals surface area contributed by atoms with Crippen molar-refractivity contribution in [2.45, 2.75) is 25.8 Å². The SMILES string of the molecule is CN=C(NCCc1coc(-c2ccc(F)cc2)n1)NCc1ccc(N2CCCC2=O)cc1.I. The lowest BCUT2D eigenvalue weighted by Gasteiger charge is -2.16. The molecule has 3 aromatic rings. The molecule has 1 aliphatic heterocycles. The van der Waals surface area contributed by atoms with Crippen LogP contribution in [-0.2, 0) is 17.8 Å². The van der Waals surface area contributed by atoms with Crippen LogP contribution in [0.2, 0.25) is 0 Å². The predicted molar refractivity (Wildman–Crippen MR) is 137 cm³/mol. The molecule has 0 saturated carbocycles. The number of nitrogens with one attached hydrogen (secondary N) is 2. The van der Waals surface area contributed by atoms with Crippen molar-refractivity contribution in [1.29, 1.82) is 0 Å². The van der Waals surface area contributed by atoms with Crippen molar-refractivity contribution >= 4 is 41.5 Å². The van der Waals surface area contributed by atoms with Gasteiger partial charge in [-0.2, -0.15) is 0 Å². The van der Waals surface area contributed by atoms with Crippen LogP contribution in [0.25, 0.3) is 11.5 Å². The van der Waals surface area contributed by atoms with Crippen LogP contribution in [-0.4, -0.2) is 37.0 Å². The number of hydrogen-bond acceptors (Lipinski definition) is 4. The van der Waals surface area contributed by atoms with Crippen molar-refractivity contribution in [3.8, 4) is 11.5 Å². The minimum Gasteiger partial charge on any atom is -0.444 e. The summed E-state index contributed by atoms with van der Waals surface area (Å²) in [5.74, 6) is 1.06. The number of rotatable bonds is 7. The fourth-order valence-electron chi connectivity index (χ4n) is 3.58. The average Bonchev–Trinajstić information content (AvgIpc) is 3.46. The van der Waals surface area contributed by atoms with E-state index in [0.29, 0.717) is 37.8 Å². The monoisotopic (exact) mass is 563 g/mol. The molecule has 0 radical (unpaired) electrons. The number of halogens is 2. The number of benzene rings is 2. The summed E-state index contributed by atoms with van der Waals surface area (Å²) < 4.78 is 18.6. The van der Waals surface area contributed by atoms with Crippen LogP contribution in [0.3, 0.4) is 0 Å². The molecule has 1 fully saturated rings. The maximum atomic E-state index is 13.1. The minimum atomic E-state index is -0.291. The Balaban J connectivity index is 0.00000306. The fraction of sp³-hybridized carbons (Fsp3) is 0.292. The molecule has 9 heteroatoms. The average molecular weight is 563 g/mol. The highest BCUT2D eigenvalue weighted by Gasteiger charge is 2.21. The Bertz CT molecular complexity index is 1080. The van der Waals surface area contributed by atoms with Gasteiger partial charge < -0.3 is 20.0 Å². The third-order valence-corrected chi connectivity index (χ3v) is 5.32. The number of oxazole rings is 1. The molecule has 1 amide bonds. The van der Waals surface area contributed by atoms with E-state index in [1.165, 1.54) is 12.1 Å². The molecule has 1 aromatic heterocycles. The van der Waals surface area contributed by atoms with Crippen LogP contribution in [0, 0.1) is 5.82 Å². The van der Waals surface area contributed by atoms with E-state index in [9.17, 15) is 9.18 Å². The van der Waals surface area contributed by atoms with Crippen molar-refractivity contribution in [2.75, 3.05) is 25.0 Å². The van der Waals surface area contributed by atoms with E-state index in [2.05, 4.69) is 20.6 Å². The fourth-order valence-corrected chi connectivity index (χ4v) is 3.58. The van der Waals surface area contributed by atoms with Gasteiger partial charge in [0.05, 0.1) is 5.69 Å². The molecule has 2 aromatic carbocycles. The standard InChI is InChI=1S/C24H26FN5O2.HI/c1-26-24(28-15-17-4-10-21(11-5-17)30-14-2-3-22(30)31)27-13-12-20-16-32-23(29-20)18-6-8-19(25)9-7-18;/h4-11,16H,2-3,12-15H2,1H3,(H2,26,27,28);1H. The van der Waals surface area contributed by atoms with Crippen LogP contribution < -0.4 is 15.5 Å². The number of nitrogens with zero attached hydrogens (tertiary/aromatic N) is 3. The number of amides is 1. The second kappa shape index (κ2) is 11.8. The molecular weight excluding hydrogens is 536 g/mol. The molecule has 33 heavy (non-hydrogen) atoms. The highest BCUT2D eigenvalue weighted by molar-refractivity contribution is 14.0. The van der Waals surface area contributed by atoms with Gasteiger partial charge in [0.15, 0.2) is 5.96 Å². The Morgan fingerprint density at radius 2 is 1.91 bits per heavy atom. The van der Waals surface area contributed by atoms with Gasteiger partial charge in [-0.15, -0.1) is 24.0 Å². The zero-order chi connectivity index (χ0) is 22.3. The van der Waals surface area contributed by atoms with E-state index in [4.69, 9.17) is 4.42 Å². The molecule has 0 bridgehead atoms. The maximum Gasteiger partial charge on any atom is 0.227 e. The van der Waals surface area contributed by atoms with Gasteiger partial charge in [-0.05, 0) is 48.4 Å². The third kappa shape index (κ3) is 6.53. The summed E-state index contributed by atoms with van der Waals surface area (Å²) in [4.78, 5) is 22.4. The largest absolute Gasteiger partial charge is 0.444 e. The Labute approximate surface area is 209 Å². The lowest BCUT2D eigenvalue weighted by atomic mass is 10.2. The number of carbonyl (C=O) groups is 1. The first-order chi connectivity index (χ1) is 15.6. The van der Waals surface area contributed by atoms with Crippen LogP contribution in [0.5, 0.6) is 0 Å². The van der Waals surface area contributed by atoms with Crippen molar-refractivity contribution in [3.05, 3.63) is 71.9 Å². The van der Waals surface area contributed by atoms with Crippen molar-refractivity contribution in [3.63, 3.8) is 0 Å². The summed E-state index contributed by atoms with van der Waals surface area (Å²) in [7, 11) is 1.72. The Morgan fingerprint density at radius 1 is 1.15 bits per heavy atom. The van der Waals surface area contributed by atoms with E-state index in [1.54, 1.807) is 25.4 Å². The first kappa shape index (κ1) is 24.7. The molecule has 4 rings (SSSR count). The molecule has 0 unspecified atom stereocenters. The second-order valence-electron chi connectivity index (χ2n) is 7.57. The number of anilines is 1. The van der Waals surface area contributed by atoms with Gasteiger partial charge in [0.2, 0.25) is 11.8 Å². The molecular formula is C24H27FIN5O2. The van der Waals surface area contributed by atoms with Gasteiger partial charge >= 0.3 is 0 Å². The number of guanidine groups is 1. The summed E-state index contributed by atoms with van der Waals surface area (Å²) in [6, 6.07) is 14.1. The molecule has 0 atom stereocenters. The quantitative estimate of drug-likeness (QED) is 0.257. The molecule has 2 heterocycles. The van der Waals surface area contributed by atoms with E-state index < -0.39 is 0 Å². The van der Waals surface area contributed by atoms with Gasteiger partial charge in [-0.3, -0.25) is 9.79 Å². The maximum absolute atomic E-state index is 13.1. The van der Waals surface area contributed by atoms with E-state index in [0.717, 1.165) is 35.5 Å². The normalized spacial score (nSPS) is 13.7. The number of aliphatic imine (C=N–C) groups is 1. The zero-order valence-electron chi connectivity index (χ0n) is 18.4. The van der Waals surface area contributed by atoms with Crippen LogP contribution in [0.15, 0.2) is 64.2 Å². The molecule has 1 saturated heterocycles. The summed E-state index contributed by atoms with van der Waals surface area (Å²) in [5, 5.41) is 6.55. The molecule has 2 N–H and O–H groups in total. The van der Waals surface area contributed by atoms with E-state index in [1.807, 2.05) is 29.2 Å². The van der Waals surface area contributed by atoms with Crippen molar-refractivity contribution in [2.24, 2.45) is 4.99 Å². The third-order valence-electron chi connectivity index (χ3n) is 5.32. The van der Waals surface area contributed by atoms with E-state index in [-0.39, 0.29) is 35.7 Å². The summed E-state index contributed by atoms with van der Waals surface area (Å²) in [5.41, 5.74) is 3.60. The lowest BCUT2D eigenvalue weighted by Crippen LogP contribution is -2.37. The topological polar surface area (TPSA) is 82.8 Å². The minimum absolute atomic E-state index is 0. The van der Waals surface area contributed by atoms with Crippen LogP contribution in [0.1, 0.15) is 24.1 Å². The zero-order valence-corrected chi connectivity index (χ0v) is 20.7. The summed E-state index contributed by atoms with van der Waals surface area (Å²) >= 11 is 0. The van der Waals surface area contributed by atoms with Gasteiger partial charge in [-0.1, -0.05) is 12.1 Å². The molecule has 7 nitrogen and oxygen atoms in total. The molecule has 174 valence electrons. The lowest BCUT2D eigenvalue weighted by molar-refractivity contribution is -0.117. The number of aromatic nitrogens is 1. The highest BCUT2D eigenvalue weighted by atomic mass is 127. The van der Waals surface area contributed by atoms with Gasteiger partial charge in [0.1, 0.15) is 12.1 Å². The van der Waals surface area contributed by atoms with Gasteiger partial charge in [0, 0.05) is 50.8 Å². The van der Waals surface area contributed by atoms with E-state index >= 15 is 0 Å². The molecule has 0 aliphatic carbocycles. The number of carbonyl (C=O) groups excluding carboxylic acids is 1. The van der Waals surface area contributed by atoms with Crippen LogP contribution >= 0.6 is 24.0 Å². The van der Waals surface area contributed by atoms with Crippen molar-refractivity contribution < 1.29 is 13.6 Å². The number of hydrogen-bond donors (Lipinski definition) is 2. The van der Waals surface area contributed by atoms with Crippen molar-refractivity contribution in [1.82, 2.24) is 15.6 Å². The Kier molecular flexibility index (Phi) is 8.81. The predicted octanol–water partition coefficient (Wildman–Crippen LogP) is 4.13. The van der Waals surface area contributed by atoms with Crippen LogP contribution in [0.4, 0.5) is 10.1 Å². The Morgan fingerprint density at radius 3 is 2.58 bits per heavy atom. The second-order valence-corrected chi connectivity index (χ2v) is 7.57. The molecule has 0 spiro atoms. The van der Waals surface area contributed by atoms with Gasteiger partial charge in [0.25, 0.3) is 0 Å². The molecule has 1 aliphatic rings.